The minimum Gasteiger partial charge on any atom is -0.486 e. The molecular weight excluding hydrogens is 384 g/mol. The third kappa shape index (κ3) is 3.78. The molecule has 1 aliphatic rings. The second-order valence-corrected chi connectivity index (χ2v) is 7.11. The lowest BCUT2D eigenvalue weighted by molar-refractivity contribution is -0.123. The standard InChI is InChI=1S/C23H22N2O5/c1-13-17-6-4-5-7-18(17)24-14(2)21(13)23(27)30-15(3)22(26)25-16-8-9-19-20(12-16)29-11-10-28-19/h4-9,12,15H,10-11H2,1-3H3,(H,25,26)/t15-/m0/s1. The molecule has 1 amide bonds. The number of nitrogens with one attached hydrogen (secondary N) is 1. The SMILES string of the molecule is Cc1nc2ccccc2c(C)c1C(=O)O[C@@H](C)C(=O)Nc1ccc2c(c1)OCCO2. The topological polar surface area (TPSA) is 86.8 Å². The number of aryl methyl sites for hydroxylation is 2. The zero-order chi connectivity index (χ0) is 21.3. The highest BCUT2D eigenvalue weighted by molar-refractivity contribution is 6.01. The molecule has 4 rings (SSSR count). The number of carbonyl (C=O) groups excluding carboxylic acids is 2. The molecule has 3 aromatic rings. The maximum atomic E-state index is 12.8. The Bertz CT molecular complexity index is 1140. The highest BCUT2D eigenvalue weighted by Gasteiger charge is 2.23. The summed E-state index contributed by atoms with van der Waals surface area (Å²) in [6, 6.07) is 12.7. The molecule has 2 aromatic carbocycles. The van der Waals surface area contributed by atoms with E-state index in [1.54, 1.807) is 25.1 Å². The number of anilines is 1. The number of ether oxygens (including phenoxy) is 3. The van der Waals surface area contributed by atoms with Crippen LogP contribution in [-0.4, -0.2) is 36.2 Å². The molecule has 2 heterocycles. The Balaban J connectivity index is 1.48. The second-order valence-electron chi connectivity index (χ2n) is 7.11. The minimum absolute atomic E-state index is 0.382. The van der Waals surface area contributed by atoms with Gasteiger partial charge in [-0.3, -0.25) is 9.78 Å². The van der Waals surface area contributed by atoms with Gasteiger partial charge in [-0.15, -0.1) is 0 Å². The average molecular weight is 406 g/mol. The Morgan fingerprint density at radius 3 is 2.60 bits per heavy atom. The van der Waals surface area contributed by atoms with Crippen LogP contribution in [0.4, 0.5) is 5.69 Å². The molecule has 1 N–H and O–H groups in total. The number of esters is 1. The lowest BCUT2D eigenvalue weighted by Crippen LogP contribution is -2.30. The van der Waals surface area contributed by atoms with E-state index in [1.165, 1.54) is 6.92 Å². The van der Waals surface area contributed by atoms with Crippen LogP contribution in [0.2, 0.25) is 0 Å². The van der Waals surface area contributed by atoms with Gasteiger partial charge in [-0.25, -0.2) is 4.79 Å². The number of rotatable bonds is 4. The summed E-state index contributed by atoms with van der Waals surface area (Å²) in [6.07, 6.45) is -0.990. The molecule has 154 valence electrons. The van der Waals surface area contributed by atoms with Crippen LogP contribution in [0.15, 0.2) is 42.5 Å². The lowest BCUT2D eigenvalue weighted by atomic mass is 10.0. The van der Waals surface area contributed by atoms with Crippen molar-refractivity contribution >= 4 is 28.5 Å². The summed E-state index contributed by atoms with van der Waals surface area (Å²) in [5, 5.41) is 3.62. The Morgan fingerprint density at radius 2 is 1.80 bits per heavy atom. The number of nitrogens with zero attached hydrogens (tertiary/aromatic N) is 1. The zero-order valence-electron chi connectivity index (χ0n) is 17.0. The number of pyridine rings is 1. The summed E-state index contributed by atoms with van der Waals surface area (Å²) in [5.41, 5.74) is 3.08. The largest absolute Gasteiger partial charge is 0.486 e. The first-order chi connectivity index (χ1) is 14.4. The molecule has 0 radical (unpaired) electrons. The molecule has 0 spiro atoms. The molecule has 0 unspecified atom stereocenters. The predicted molar refractivity (Wildman–Crippen MR) is 112 cm³/mol. The molecule has 1 atom stereocenters. The monoisotopic (exact) mass is 406 g/mol. The summed E-state index contributed by atoms with van der Waals surface area (Å²) in [5.74, 6) is 0.183. The van der Waals surface area contributed by atoms with Crippen LogP contribution < -0.4 is 14.8 Å². The third-order valence-electron chi connectivity index (χ3n) is 5.00. The van der Waals surface area contributed by atoms with Crippen molar-refractivity contribution in [3.8, 4) is 11.5 Å². The number of fused-ring (bicyclic) bond motifs is 2. The molecule has 7 heteroatoms. The van der Waals surface area contributed by atoms with Gasteiger partial charge in [-0.05, 0) is 44.5 Å². The Labute approximate surface area is 174 Å². The molecule has 0 aliphatic carbocycles. The van der Waals surface area contributed by atoms with Gasteiger partial charge in [0.05, 0.1) is 16.8 Å². The number of para-hydroxylation sites is 1. The van der Waals surface area contributed by atoms with Gasteiger partial charge in [0.2, 0.25) is 0 Å². The van der Waals surface area contributed by atoms with E-state index in [-0.39, 0.29) is 0 Å². The van der Waals surface area contributed by atoms with Crippen molar-refractivity contribution in [3.05, 3.63) is 59.3 Å². The maximum Gasteiger partial charge on any atom is 0.341 e. The summed E-state index contributed by atoms with van der Waals surface area (Å²) in [6.45, 7) is 6.10. The normalized spacial score (nSPS) is 13.6. The van der Waals surface area contributed by atoms with E-state index < -0.39 is 18.0 Å². The van der Waals surface area contributed by atoms with Gasteiger partial charge in [0.1, 0.15) is 13.2 Å². The number of carbonyl (C=O) groups is 2. The van der Waals surface area contributed by atoms with Crippen LogP contribution >= 0.6 is 0 Å². The van der Waals surface area contributed by atoms with Crippen molar-refractivity contribution in [2.24, 2.45) is 0 Å². The van der Waals surface area contributed by atoms with E-state index in [0.29, 0.717) is 41.7 Å². The van der Waals surface area contributed by atoms with Crippen LogP contribution in [0.5, 0.6) is 11.5 Å². The van der Waals surface area contributed by atoms with Crippen LogP contribution in [0.25, 0.3) is 10.9 Å². The molecule has 30 heavy (non-hydrogen) atoms. The van der Waals surface area contributed by atoms with Gasteiger partial charge in [0.25, 0.3) is 5.91 Å². The fraction of sp³-hybridized carbons (Fsp3) is 0.261. The maximum absolute atomic E-state index is 12.8. The molecule has 0 bridgehead atoms. The van der Waals surface area contributed by atoms with Crippen molar-refractivity contribution in [2.75, 3.05) is 18.5 Å². The summed E-state index contributed by atoms with van der Waals surface area (Å²) >= 11 is 0. The minimum atomic E-state index is -0.990. The summed E-state index contributed by atoms with van der Waals surface area (Å²) < 4.78 is 16.4. The van der Waals surface area contributed by atoms with Crippen molar-refractivity contribution in [2.45, 2.75) is 26.9 Å². The van der Waals surface area contributed by atoms with Crippen molar-refractivity contribution in [3.63, 3.8) is 0 Å². The van der Waals surface area contributed by atoms with Crippen molar-refractivity contribution in [1.29, 1.82) is 0 Å². The van der Waals surface area contributed by atoms with Crippen LogP contribution in [0.3, 0.4) is 0 Å². The quantitative estimate of drug-likeness (QED) is 0.663. The van der Waals surface area contributed by atoms with E-state index in [2.05, 4.69) is 10.3 Å². The van der Waals surface area contributed by atoms with E-state index in [0.717, 1.165) is 16.5 Å². The summed E-state index contributed by atoms with van der Waals surface area (Å²) in [4.78, 5) is 29.9. The highest BCUT2D eigenvalue weighted by Crippen LogP contribution is 2.32. The third-order valence-corrected chi connectivity index (χ3v) is 5.00. The molecule has 0 saturated carbocycles. The van der Waals surface area contributed by atoms with Gasteiger partial charge >= 0.3 is 5.97 Å². The number of hydrogen-bond acceptors (Lipinski definition) is 6. The Kier molecular flexibility index (Phi) is 5.27. The van der Waals surface area contributed by atoms with Crippen LogP contribution in [0.1, 0.15) is 28.5 Å². The van der Waals surface area contributed by atoms with Crippen LogP contribution in [-0.2, 0) is 9.53 Å². The number of amides is 1. The Morgan fingerprint density at radius 1 is 1.07 bits per heavy atom. The molecule has 7 nitrogen and oxygen atoms in total. The zero-order valence-corrected chi connectivity index (χ0v) is 17.0. The molecule has 1 aromatic heterocycles. The van der Waals surface area contributed by atoms with Crippen molar-refractivity contribution in [1.82, 2.24) is 4.98 Å². The van der Waals surface area contributed by atoms with E-state index in [9.17, 15) is 9.59 Å². The van der Waals surface area contributed by atoms with Gasteiger partial charge in [0, 0.05) is 17.1 Å². The highest BCUT2D eigenvalue weighted by atomic mass is 16.6. The van der Waals surface area contributed by atoms with E-state index in [1.807, 2.05) is 31.2 Å². The van der Waals surface area contributed by atoms with E-state index >= 15 is 0 Å². The lowest BCUT2D eigenvalue weighted by Gasteiger charge is -2.20. The predicted octanol–water partition coefficient (Wildman–Crippen LogP) is 3.81. The van der Waals surface area contributed by atoms with E-state index in [4.69, 9.17) is 14.2 Å². The number of aromatic nitrogens is 1. The number of benzene rings is 2. The molecule has 0 fully saturated rings. The average Bonchev–Trinajstić information content (AvgIpc) is 2.73. The second kappa shape index (κ2) is 8.02. The van der Waals surface area contributed by atoms with Crippen LogP contribution in [0, 0.1) is 13.8 Å². The molecule has 1 aliphatic heterocycles. The first kappa shape index (κ1) is 19.7. The fourth-order valence-electron chi connectivity index (χ4n) is 3.47. The van der Waals surface area contributed by atoms with Gasteiger partial charge in [0.15, 0.2) is 17.6 Å². The van der Waals surface area contributed by atoms with Gasteiger partial charge < -0.3 is 19.5 Å². The first-order valence-corrected chi connectivity index (χ1v) is 9.71. The van der Waals surface area contributed by atoms with Gasteiger partial charge in [-0.1, -0.05) is 18.2 Å². The smallest absolute Gasteiger partial charge is 0.341 e. The van der Waals surface area contributed by atoms with Gasteiger partial charge in [-0.2, -0.15) is 0 Å². The molecule has 0 saturated heterocycles. The van der Waals surface area contributed by atoms with Crippen molar-refractivity contribution < 1.29 is 23.8 Å². The first-order valence-electron chi connectivity index (χ1n) is 9.71. The molecular formula is C23H22N2O5. The fourth-order valence-corrected chi connectivity index (χ4v) is 3.47. The Hall–Kier alpha value is -3.61. The summed E-state index contributed by atoms with van der Waals surface area (Å²) in [7, 11) is 0. The number of hydrogen-bond donors (Lipinski definition) is 1.